The molecule has 1 aromatic carbocycles. The summed E-state index contributed by atoms with van der Waals surface area (Å²) in [6.07, 6.45) is 3.30. The van der Waals surface area contributed by atoms with E-state index in [4.69, 9.17) is 0 Å². The van der Waals surface area contributed by atoms with Crippen LogP contribution in [0.4, 0.5) is 0 Å². The Bertz CT molecular complexity index is 851. The monoisotopic (exact) mass is 313 g/mol. The Morgan fingerprint density at radius 2 is 1.96 bits per heavy atom. The normalized spacial score (nSPS) is 14.2. The maximum Gasteiger partial charge on any atom is 0.328 e. The molecule has 0 saturated carbocycles. The van der Waals surface area contributed by atoms with E-state index in [0.29, 0.717) is 18.7 Å². The second-order valence-electron chi connectivity index (χ2n) is 5.89. The van der Waals surface area contributed by atoms with E-state index in [1.165, 1.54) is 16.3 Å². The lowest BCUT2D eigenvalue weighted by atomic mass is 10.0. The quantitative estimate of drug-likeness (QED) is 0.892. The number of carbonyl (C=O) groups excluding carboxylic acids is 1. The minimum Gasteiger partial charge on any atom is -0.337 e. The number of hydrogen-bond acceptors (Lipinski definition) is 3. The van der Waals surface area contributed by atoms with Crippen molar-refractivity contribution < 1.29 is 4.79 Å². The third kappa shape index (κ3) is 3.26. The molecule has 0 atom stereocenters. The molecule has 120 valence electrons. The standard InChI is InChI=1S/C17H19N3O3/c1-12-9-20(17(23)18-16(12)22)11-15(21)19-8-4-7-13-5-2-3-6-14(13)10-19/h2-3,5-6,9H,4,7-8,10-11H2,1H3,(H,18,22,23). The highest BCUT2D eigenvalue weighted by Gasteiger charge is 2.19. The van der Waals surface area contributed by atoms with Gasteiger partial charge in [0, 0.05) is 24.8 Å². The highest BCUT2D eigenvalue weighted by atomic mass is 16.2. The first kappa shape index (κ1) is 15.3. The molecule has 6 nitrogen and oxygen atoms in total. The Labute approximate surface area is 133 Å². The van der Waals surface area contributed by atoms with Crippen LogP contribution in [0.2, 0.25) is 0 Å². The number of rotatable bonds is 2. The van der Waals surface area contributed by atoms with Gasteiger partial charge in [0.15, 0.2) is 0 Å². The number of H-pyrrole nitrogens is 1. The maximum atomic E-state index is 12.6. The predicted molar refractivity (Wildman–Crippen MR) is 86.2 cm³/mol. The molecular weight excluding hydrogens is 294 g/mol. The Morgan fingerprint density at radius 1 is 1.22 bits per heavy atom. The first-order valence-electron chi connectivity index (χ1n) is 7.69. The number of amides is 1. The van der Waals surface area contributed by atoms with Crippen molar-refractivity contribution in [1.82, 2.24) is 14.5 Å². The summed E-state index contributed by atoms with van der Waals surface area (Å²) in [5.74, 6) is -0.116. The number of aromatic amines is 1. The van der Waals surface area contributed by atoms with E-state index in [1.54, 1.807) is 11.8 Å². The van der Waals surface area contributed by atoms with Crippen molar-refractivity contribution in [1.29, 1.82) is 0 Å². The second-order valence-corrected chi connectivity index (χ2v) is 5.89. The van der Waals surface area contributed by atoms with Crippen molar-refractivity contribution in [3.05, 3.63) is 68.0 Å². The number of aromatic nitrogens is 2. The van der Waals surface area contributed by atoms with Crippen LogP contribution in [0.3, 0.4) is 0 Å². The molecule has 23 heavy (non-hydrogen) atoms. The van der Waals surface area contributed by atoms with Gasteiger partial charge in [-0.15, -0.1) is 0 Å². The fraction of sp³-hybridized carbons (Fsp3) is 0.353. The minimum absolute atomic E-state index is 0.0569. The number of hydrogen-bond donors (Lipinski definition) is 1. The molecule has 0 radical (unpaired) electrons. The molecule has 0 bridgehead atoms. The Kier molecular flexibility index (Phi) is 4.14. The maximum absolute atomic E-state index is 12.6. The highest BCUT2D eigenvalue weighted by Crippen LogP contribution is 2.18. The molecule has 0 aliphatic carbocycles. The SMILES string of the molecule is Cc1cn(CC(=O)N2CCCc3ccccc3C2)c(=O)[nH]c1=O. The largest absolute Gasteiger partial charge is 0.337 e. The molecular formula is C17H19N3O3. The second kappa shape index (κ2) is 6.24. The number of aryl methyl sites for hydroxylation is 2. The summed E-state index contributed by atoms with van der Waals surface area (Å²) in [5, 5.41) is 0. The molecule has 3 rings (SSSR count). The van der Waals surface area contributed by atoms with Gasteiger partial charge in [0.05, 0.1) is 0 Å². The zero-order valence-corrected chi connectivity index (χ0v) is 13.0. The van der Waals surface area contributed by atoms with Crippen molar-refractivity contribution in [3.63, 3.8) is 0 Å². The molecule has 1 amide bonds. The summed E-state index contributed by atoms with van der Waals surface area (Å²) < 4.78 is 1.26. The summed E-state index contributed by atoms with van der Waals surface area (Å²) in [7, 11) is 0. The fourth-order valence-electron chi connectivity index (χ4n) is 2.90. The summed E-state index contributed by atoms with van der Waals surface area (Å²) in [5.41, 5.74) is 1.88. The summed E-state index contributed by atoms with van der Waals surface area (Å²) in [6, 6.07) is 8.12. The van der Waals surface area contributed by atoms with Gasteiger partial charge >= 0.3 is 5.69 Å². The molecule has 0 unspecified atom stereocenters. The van der Waals surface area contributed by atoms with Crippen LogP contribution in [0, 0.1) is 6.92 Å². The fourth-order valence-corrected chi connectivity index (χ4v) is 2.90. The van der Waals surface area contributed by atoms with Crippen LogP contribution >= 0.6 is 0 Å². The minimum atomic E-state index is -0.552. The van der Waals surface area contributed by atoms with Gasteiger partial charge in [-0.25, -0.2) is 4.79 Å². The summed E-state index contributed by atoms with van der Waals surface area (Å²) in [6.45, 7) is 2.79. The number of carbonyl (C=O) groups is 1. The Balaban J connectivity index is 1.80. The molecule has 0 fully saturated rings. The Hall–Kier alpha value is -2.63. The Morgan fingerprint density at radius 3 is 2.74 bits per heavy atom. The van der Waals surface area contributed by atoms with Crippen LogP contribution in [-0.4, -0.2) is 26.9 Å². The number of nitrogens with zero attached hydrogens (tertiary/aromatic N) is 2. The van der Waals surface area contributed by atoms with E-state index in [-0.39, 0.29) is 12.5 Å². The lowest BCUT2D eigenvalue weighted by molar-refractivity contribution is -0.132. The van der Waals surface area contributed by atoms with Crippen molar-refractivity contribution >= 4 is 5.91 Å². The number of benzene rings is 1. The lowest BCUT2D eigenvalue weighted by Gasteiger charge is -2.21. The van der Waals surface area contributed by atoms with Crippen molar-refractivity contribution in [2.45, 2.75) is 32.9 Å². The molecule has 0 saturated heterocycles. The van der Waals surface area contributed by atoms with Crippen LogP contribution in [-0.2, 0) is 24.3 Å². The first-order valence-corrected chi connectivity index (χ1v) is 7.69. The van der Waals surface area contributed by atoms with Crippen molar-refractivity contribution in [2.75, 3.05) is 6.54 Å². The smallest absolute Gasteiger partial charge is 0.328 e. The molecule has 2 aromatic rings. The molecule has 0 spiro atoms. The van der Waals surface area contributed by atoms with E-state index in [2.05, 4.69) is 11.1 Å². The average Bonchev–Trinajstić information content (AvgIpc) is 2.75. The van der Waals surface area contributed by atoms with Crippen LogP contribution in [0.5, 0.6) is 0 Å². The lowest BCUT2D eigenvalue weighted by Crippen LogP contribution is -2.38. The van der Waals surface area contributed by atoms with E-state index < -0.39 is 11.2 Å². The number of fused-ring (bicyclic) bond motifs is 1. The first-order chi connectivity index (χ1) is 11.0. The third-order valence-electron chi connectivity index (χ3n) is 4.20. The molecule has 6 heteroatoms. The molecule has 1 aliphatic rings. The zero-order valence-electron chi connectivity index (χ0n) is 13.0. The van der Waals surface area contributed by atoms with Gasteiger partial charge in [-0.3, -0.25) is 19.1 Å². The molecule has 2 heterocycles. The van der Waals surface area contributed by atoms with Gasteiger partial charge in [0.1, 0.15) is 6.54 Å². The van der Waals surface area contributed by atoms with Gasteiger partial charge in [-0.1, -0.05) is 24.3 Å². The van der Waals surface area contributed by atoms with Gasteiger partial charge < -0.3 is 4.90 Å². The third-order valence-corrected chi connectivity index (χ3v) is 4.20. The average molecular weight is 313 g/mol. The summed E-state index contributed by atoms with van der Waals surface area (Å²) in [4.78, 5) is 39.8. The van der Waals surface area contributed by atoms with E-state index in [0.717, 1.165) is 18.4 Å². The topological polar surface area (TPSA) is 75.2 Å². The number of nitrogens with one attached hydrogen (secondary N) is 1. The van der Waals surface area contributed by atoms with Crippen LogP contribution in [0.25, 0.3) is 0 Å². The predicted octanol–water partition coefficient (Wildman–Crippen LogP) is 0.820. The molecule has 1 aliphatic heterocycles. The van der Waals surface area contributed by atoms with E-state index >= 15 is 0 Å². The van der Waals surface area contributed by atoms with Crippen LogP contribution in [0.1, 0.15) is 23.1 Å². The van der Waals surface area contributed by atoms with Crippen molar-refractivity contribution in [3.8, 4) is 0 Å². The molecule has 1 N–H and O–H groups in total. The zero-order chi connectivity index (χ0) is 16.4. The highest BCUT2D eigenvalue weighted by molar-refractivity contribution is 5.76. The summed E-state index contributed by atoms with van der Waals surface area (Å²) >= 11 is 0. The van der Waals surface area contributed by atoms with Crippen LogP contribution < -0.4 is 11.2 Å². The van der Waals surface area contributed by atoms with Gasteiger partial charge in [0.25, 0.3) is 5.56 Å². The van der Waals surface area contributed by atoms with Crippen LogP contribution in [0.15, 0.2) is 40.1 Å². The van der Waals surface area contributed by atoms with Gasteiger partial charge in [0.2, 0.25) is 5.91 Å². The van der Waals surface area contributed by atoms with E-state index in [9.17, 15) is 14.4 Å². The van der Waals surface area contributed by atoms with Gasteiger partial charge in [-0.2, -0.15) is 0 Å². The van der Waals surface area contributed by atoms with Crippen molar-refractivity contribution in [2.24, 2.45) is 0 Å². The van der Waals surface area contributed by atoms with E-state index in [1.807, 2.05) is 18.2 Å². The van der Waals surface area contributed by atoms with Gasteiger partial charge in [-0.05, 0) is 30.9 Å². The molecule has 1 aromatic heterocycles.